The molecule has 2 aromatic carbocycles. The summed E-state index contributed by atoms with van der Waals surface area (Å²) >= 11 is 0. The molecule has 110 valence electrons. The number of aryl methyl sites for hydroxylation is 1. The average Bonchev–Trinajstić information content (AvgIpc) is 2.50. The molecular weight excluding hydrogens is 269 g/mol. The zero-order chi connectivity index (χ0) is 15.2. The van der Waals surface area contributed by atoms with Gasteiger partial charge >= 0.3 is 0 Å². The molecular formula is C17H18FNO2. The summed E-state index contributed by atoms with van der Waals surface area (Å²) < 4.78 is 13.7. The Morgan fingerprint density at radius 3 is 2.62 bits per heavy atom. The van der Waals surface area contributed by atoms with E-state index in [1.54, 1.807) is 13.0 Å². The van der Waals surface area contributed by atoms with Gasteiger partial charge in [-0.25, -0.2) is 4.39 Å². The summed E-state index contributed by atoms with van der Waals surface area (Å²) in [6, 6.07) is 13.5. The number of halogens is 1. The molecule has 3 nitrogen and oxygen atoms in total. The Labute approximate surface area is 123 Å². The van der Waals surface area contributed by atoms with Crippen LogP contribution in [0.5, 0.6) is 0 Å². The first kappa shape index (κ1) is 15.2. The van der Waals surface area contributed by atoms with Crippen molar-refractivity contribution in [1.29, 1.82) is 0 Å². The number of hydrogen-bond donors (Lipinski definition) is 2. The lowest BCUT2D eigenvalue weighted by Gasteiger charge is -2.17. The molecule has 0 aliphatic carbocycles. The van der Waals surface area contributed by atoms with E-state index >= 15 is 0 Å². The number of benzene rings is 2. The van der Waals surface area contributed by atoms with Crippen LogP contribution >= 0.6 is 0 Å². The van der Waals surface area contributed by atoms with Gasteiger partial charge in [-0.05, 0) is 31.0 Å². The highest BCUT2D eigenvalue weighted by atomic mass is 19.1. The molecule has 0 aliphatic rings. The molecule has 2 rings (SSSR count). The molecule has 0 bridgehead atoms. The molecule has 0 saturated carbocycles. The zero-order valence-corrected chi connectivity index (χ0v) is 11.8. The molecule has 21 heavy (non-hydrogen) atoms. The van der Waals surface area contributed by atoms with E-state index in [9.17, 15) is 14.3 Å². The van der Waals surface area contributed by atoms with Crippen LogP contribution in [0.3, 0.4) is 0 Å². The van der Waals surface area contributed by atoms with Gasteiger partial charge in [0.05, 0.1) is 18.2 Å². The Hall–Kier alpha value is -2.20. The molecule has 0 saturated heterocycles. The van der Waals surface area contributed by atoms with Crippen LogP contribution in [0.1, 0.15) is 21.5 Å². The average molecular weight is 287 g/mol. The number of carbonyl (C=O) groups is 1. The maximum Gasteiger partial charge on any atom is 0.254 e. The normalized spacial score (nSPS) is 12.0. The highest BCUT2D eigenvalue weighted by Gasteiger charge is 2.16. The Morgan fingerprint density at radius 1 is 1.24 bits per heavy atom. The minimum Gasteiger partial charge on any atom is -0.394 e. The first-order valence-corrected chi connectivity index (χ1v) is 6.82. The lowest BCUT2D eigenvalue weighted by Crippen LogP contribution is -2.39. The number of aliphatic hydroxyl groups is 1. The van der Waals surface area contributed by atoms with Crippen LogP contribution in [0.2, 0.25) is 0 Å². The second kappa shape index (κ2) is 6.99. The zero-order valence-electron chi connectivity index (χ0n) is 11.8. The molecule has 0 aliphatic heterocycles. The van der Waals surface area contributed by atoms with Crippen molar-refractivity contribution in [2.45, 2.75) is 19.4 Å². The molecule has 2 N–H and O–H groups in total. The van der Waals surface area contributed by atoms with Gasteiger partial charge in [-0.2, -0.15) is 0 Å². The fourth-order valence-electron chi connectivity index (χ4n) is 2.14. The van der Waals surface area contributed by atoms with E-state index in [0.29, 0.717) is 6.42 Å². The van der Waals surface area contributed by atoms with E-state index in [-0.39, 0.29) is 12.2 Å². The van der Waals surface area contributed by atoms with Crippen LogP contribution in [0, 0.1) is 12.7 Å². The summed E-state index contributed by atoms with van der Waals surface area (Å²) in [7, 11) is 0. The quantitative estimate of drug-likeness (QED) is 0.887. The van der Waals surface area contributed by atoms with Gasteiger partial charge in [0.2, 0.25) is 0 Å². The van der Waals surface area contributed by atoms with Crippen molar-refractivity contribution in [3.05, 3.63) is 71.0 Å². The van der Waals surface area contributed by atoms with Gasteiger partial charge in [0, 0.05) is 0 Å². The molecule has 1 atom stereocenters. The lowest BCUT2D eigenvalue weighted by atomic mass is 10.1. The summed E-state index contributed by atoms with van der Waals surface area (Å²) in [6.07, 6.45) is 0.497. The fraction of sp³-hybridized carbons (Fsp3) is 0.235. The molecule has 0 radical (unpaired) electrons. The monoisotopic (exact) mass is 287 g/mol. The van der Waals surface area contributed by atoms with Gasteiger partial charge in [-0.1, -0.05) is 42.0 Å². The van der Waals surface area contributed by atoms with E-state index in [0.717, 1.165) is 11.1 Å². The molecule has 4 heteroatoms. The molecule has 0 fully saturated rings. The van der Waals surface area contributed by atoms with Crippen molar-refractivity contribution in [3.63, 3.8) is 0 Å². The minimum absolute atomic E-state index is 0.00140. The maximum absolute atomic E-state index is 13.7. The van der Waals surface area contributed by atoms with Gasteiger partial charge < -0.3 is 10.4 Å². The SMILES string of the molecule is Cc1ccc(F)c(C(=O)NC(CO)Cc2ccccc2)c1. The number of carbonyl (C=O) groups excluding carboxylic acids is 1. The van der Waals surface area contributed by atoms with E-state index in [2.05, 4.69) is 5.32 Å². The third kappa shape index (κ3) is 4.13. The second-order valence-corrected chi connectivity index (χ2v) is 5.03. The summed E-state index contributed by atoms with van der Waals surface area (Å²) in [5.74, 6) is -1.07. The smallest absolute Gasteiger partial charge is 0.254 e. The highest BCUT2D eigenvalue weighted by molar-refractivity contribution is 5.94. The van der Waals surface area contributed by atoms with Crippen LogP contribution in [0.25, 0.3) is 0 Å². The Bertz CT molecular complexity index is 613. The number of nitrogens with one attached hydrogen (secondary N) is 1. The lowest BCUT2D eigenvalue weighted by molar-refractivity contribution is 0.0912. The van der Waals surface area contributed by atoms with Gasteiger partial charge in [0.25, 0.3) is 5.91 Å². The Balaban J connectivity index is 2.07. The number of aliphatic hydroxyl groups excluding tert-OH is 1. The third-order valence-electron chi connectivity index (χ3n) is 3.25. The number of hydrogen-bond acceptors (Lipinski definition) is 2. The van der Waals surface area contributed by atoms with Crippen LogP contribution in [-0.4, -0.2) is 23.7 Å². The van der Waals surface area contributed by atoms with Gasteiger partial charge in [-0.15, -0.1) is 0 Å². The first-order chi connectivity index (χ1) is 10.1. The van der Waals surface area contributed by atoms with Gasteiger partial charge in [0.1, 0.15) is 5.82 Å². The second-order valence-electron chi connectivity index (χ2n) is 5.03. The van der Waals surface area contributed by atoms with Crippen LogP contribution in [-0.2, 0) is 6.42 Å². The van der Waals surface area contributed by atoms with Crippen LogP contribution < -0.4 is 5.32 Å². The van der Waals surface area contributed by atoms with E-state index in [1.165, 1.54) is 12.1 Å². The Kier molecular flexibility index (Phi) is 5.06. The first-order valence-electron chi connectivity index (χ1n) is 6.82. The van der Waals surface area contributed by atoms with Crippen molar-refractivity contribution in [2.24, 2.45) is 0 Å². The summed E-state index contributed by atoms with van der Waals surface area (Å²) in [5, 5.41) is 12.1. The van der Waals surface area contributed by atoms with Crippen molar-refractivity contribution in [1.82, 2.24) is 5.32 Å². The highest BCUT2D eigenvalue weighted by Crippen LogP contribution is 2.11. The van der Waals surface area contributed by atoms with Gasteiger partial charge in [-0.3, -0.25) is 4.79 Å². The largest absolute Gasteiger partial charge is 0.394 e. The van der Waals surface area contributed by atoms with Crippen molar-refractivity contribution < 1.29 is 14.3 Å². The molecule has 1 amide bonds. The molecule has 2 aromatic rings. The summed E-state index contributed by atoms with van der Waals surface area (Å²) in [5.41, 5.74) is 1.81. The topological polar surface area (TPSA) is 49.3 Å². The fourth-order valence-corrected chi connectivity index (χ4v) is 2.14. The molecule has 1 unspecified atom stereocenters. The summed E-state index contributed by atoms with van der Waals surface area (Å²) in [6.45, 7) is 1.60. The standard InChI is InChI=1S/C17H18FNO2/c1-12-7-8-16(18)15(9-12)17(21)19-14(11-20)10-13-5-3-2-4-6-13/h2-9,14,20H,10-11H2,1H3,(H,19,21). The van der Waals surface area contributed by atoms with Crippen LogP contribution in [0.15, 0.2) is 48.5 Å². The predicted octanol–water partition coefficient (Wildman–Crippen LogP) is 2.47. The van der Waals surface area contributed by atoms with Crippen molar-refractivity contribution >= 4 is 5.91 Å². The van der Waals surface area contributed by atoms with Gasteiger partial charge in [0.15, 0.2) is 0 Å². The molecule has 0 heterocycles. The Morgan fingerprint density at radius 2 is 1.95 bits per heavy atom. The number of rotatable bonds is 5. The molecule has 0 spiro atoms. The minimum atomic E-state index is -0.561. The maximum atomic E-state index is 13.7. The number of amides is 1. The van der Waals surface area contributed by atoms with Crippen molar-refractivity contribution in [3.8, 4) is 0 Å². The van der Waals surface area contributed by atoms with Crippen LogP contribution in [0.4, 0.5) is 4.39 Å². The van der Waals surface area contributed by atoms with E-state index in [1.807, 2.05) is 30.3 Å². The van der Waals surface area contributed by atoms with E-state index in [4.69, 9.17) is 0 Å². The van der Waals surface area contributed by atoms with E-state index < -0.39 is 17.8 Å². The third-order valence-corrected chi connectivity index (χ3v) is 3.25. The summed E-state index contributed by atoms with van der Waals surface area (Å²) in [4.78, 5) is 12.1. The predicted molar refractivity (Wildman–Crippen MR) is 79.6 cm³/mol. The van der Waals surface area contributed by atoms with Crippen molar-refractivity contribution in [2.75, 3.05) is 6.61 Å². The molecule has 0 aromatic heterocycles.